The van der Waals surface area contributed by atoms with Crippen LogP contribution in [0.15, 0.2) is 12.2 Å². The zero-order valence-corrected chi connectivity index (χ0v) is 14.1. The number of rotatable bonds is 12. The van der Waals surface area contributed by atoms with Gasteiger partial charge in [-0.05, 0) is 6.42 Å². The fourth-order valence-corrected chi connectivity index (χ4v) is 2.39. The lowest BCUT2D eigenvalue weighted by atomic mass is 9.90. The third-order valence-electron chi connectivity index (χ3n) is 3.77. The van der Waals surface area contributed by atoms with Crippen molar-refractivity contribution in [3.8, 4) is 0 Å². The summed E-state index contributed by atoms with van der Waals surface area (Å²) in [6.07, 6.45) is 7.28. The molecule has 0 fully saturated rings. The highest BCUT2D eigenvalue weighted by Gasteiger charge is 2.33. The van der Waals surface area contributed by atoms with Gasteiger partial charge in [0.1, 0.15) is 5.92 Å². The summed E-state index contributed by atoms with van der Waals surface area (Å²) in [4.78, 5) is 23.3. The largest absolute Gasteiger partial charge is 0.468 e. The summed E-state index contributed by atoms with van der Waals surface area (Å²) in [5.41, 5.74) is -0.0650. The zero-order chi connectivity index (χ0) is 17.0. The minimum Gasteiger partial charge on any atom is -0.468 e. The van der Waals surface area contributed by atoms with Gasteiger partial charge >= 0.3 is 11.9 Å². The molecule has 0 saturated heterocycles. The molecule has 0 amide bonds. The van der Waals surface area contributed by atoms with Crippen LogP contribution >= 0.6 is 0 Å². The summed E-state index contributed by atoms with van der Waals surface area (Å²) in [5, 5.41) is 10.2. The van der Waals surface area contributed by atoms with Gasteiger partial charge in [-0.15, -0.1) is 0 Å². The quantitative estimate of drug-likeness (QED) is 0.340. The number of aliphatic hydroxyl groups excluding tert-OH is 1. The molecule has 0 unspecified atom stereocenters. The number of esters is 2. The van der Waals surface area contributed by atoms with E-state index < -0.39 is 24.0 Å². The molecule has 22 heavy (non-hydrogen) atoms. The van der Waals surface area contributed by atoms with Crippen molar-refractivity contribution < 1.29 is 24.2 Å². The topological polar surface area (TPSA) is 72.8 Å². The van der Waals surface area contributed by atoms with Gasteiger partial charge in [-0.25, -0.2) is 4.79 Å². The Kier molecular flexibility index (Phi) is 11.5. The van der Waals surface area contributed by atoms with Gasteiger partial charge in [0.25, 0.3) is 0 Å². The van der Waals surface area contributed by atoms with Crippen LogP contribution in [0.1, 0.15) is 58.3 Å². The molecular weight excluding hydrogens is 284 g/mol. The third-order valence-corrected chi connectivity index (χ3v) is 3.77. The normalized spacial score (nSPS) is 13.3. The molecule has 128 valence electrons. The standard InChI is InChI=1S/C17H30O5/c1-5-6-7-8-9-10-11-12-14(18)15(17(20)22-4)13(2)16(19)21-3/h14-15,18H,2,5-12H2,1,3-4H3/t14-,15-/m1/s1. The Morgan fingerprint density at radius 2 is 1.55 bits per heavy atom. The number of ether oxygens (including phenoxy) is 2. The van der Waals surface area contributed by atoms with Gasteiger partial charge in [-0.3, -0.25) is 4.79 Å². The highest BCUT2D eigenvalue weighted by atomic mass is 16.5. The Bertz CT molecular complexity index is 351. The number of methoxy groups -OCH3 is 2. The average molecular weight is 314 g/mol. The Balaban J connectivity index is 4.29. The summed E-state index contributed by atoms with van der Waals surface area (Å²) in [5.74, 6) is -2.42. The van der Waals surface area contributed by atoms with E-state index in [2.05, 4.69) is 23.0 Å². The molecule has 0 aliphatic carbocycles. The summed E-state index contributed by atoms with van der Waals surface area (Å²) in [7, 11) is 2.44. The van der Waals surface area contributed by atoms with Crippen molar-refractivity contribution in [3.63, 3.8) is 0 Å². The maximum atomic E-state index is 11.8. The van der Waals surface area contributed by atoms with E-state index in [0.717, 1.165) is 19.3 Å². The minimum absolute atomic E-state index is 0.0650. The molecule has 0 bridgehead atoms. The van der Waals surface area contributed by atoms with Gasteiger partial charge in [0, 0.05) is 5.57 Å². The third kappa shape index (κ3) is 7.59. The van der Waals surface area contributed by atoms with Crippen molar-refractivity contribution in [3.05, 3.63) is 12.2 Å². The minimum atomic E-state index is -1.06. The predicted octanol–water partition coefficient (Wildman–Crippen LogP) is 3.01. The van der Waals surface area contributed by atoms with Crippen LogP contribution in [0, 0.1) is 5.92 Å². The Labute approximate surface area is 133 Å². The van der Waals surface area contributed by atoms with Crippen LogP contribution in [0.3, 0.4) is 0 Å². The van der Waals surface area contributed by atoms with Crippen molar-refractivity contribution in [2.45, 2.75) is 64.4 Å². The molecule has 1 N–H and O–H groups in total. The van der Waals surface area contributed by atoms with E-state index in [0.29, 0.717) is 6.42 Å². The van der Waals surface area contributed by atoms with Gasteiger partial charge < -0.3 is 14.6 Å². The number of aliphatic hydroxyl groups is 1. The Morgan fingerprint density at radius 1 is 1.00 bits per heavy atom. The molecule has 0 spiro atoms. The van der Waals surface area contributed by atoms with Gasteiger partial charge in [-0.2, -0.15) is 0 Å². The van der Waals surface area contributed by atoms with E-state index >= 15 is 0 Å². The second kappa shape index (κ2) is 12.2. The lowest BCUT2D eigenvalue weighted by Crippen LogP contribution is -2.33. The van der Waals surface area contributed by atoms with Crippen molar-refractivity contribution in [1.29, 1.82) is 0 Å². The fraction of sp³-hybridized carbons (Fsp3) is 0.765. The molecule has 0 saturated carbocycles. The summed E-state index contributed by atoms with van der Waals surface area (Å²) < 4.78 is 9.21. The van der Waals surface area contributed by atoms with E-state index in [9.17, 15) is 14.7 Å². The van der Waals surface area contributed by atoms with Crippen LogP contribution < -0.4 is 0 Å². The first-order chi connectivity index (χ1) is 10.5. The first kappa shape index (κ1) is 20.6. The molecular formula is C17H30O5. The van der Waals surface area contributed by atoms with E-state index in [1.54, 1.807) is 0 Å². The summed E-state index contributed by atoms with van der Waals surface area (Å²) in [6, 6.07) is 0. The Hall–Kier alpha value is -1.36. The SMILES string of the molecule is C=C(C(=O)OC)[C@@H](C(=O)OC)[C@H](O)CCCCCCCCC. The van der Waals surface area contributed by atoms with Gasteiger partial charge in [-0.1, -0.05) is 58.4 Å². The molecule has 0 aromatic rings. The zero-order valence-electron chi connectivity index (χ0n) is 14.1. The fourth-order valence-electron chi connectivity index (χ4n) is 2.39. The van der Waals surface area contributed by atoms with Crippen molar-refractivity contribution in [1.82, 2.24) is 0 Å². The first-order valence-corrected chi connectivity index (χ1v) is 8.02. The molecule has 0 aliphatic rings. The highest BCUT2D eigenvalue weighted by molar-refractivity contribution is 5.95. The molecule has 0 rings (SSSR count). The molecule has 0 aliphatic heterocycles. The molecule has 0 aromatic carbocycles. The molecule has 2 atom stereocenters. The maximum absolute atomic E-state index is 11.8. The highest BCUT2D eigenvalue weighted by Crippen LogP contribution is 2.22. The molecule has 0 radical (unpaired) electrons. The van der Waals surface area contributed by atoms with Crippen LogP contribution in [0.2, 0.25) is 0 Å². The van der Waals surface area contributed by atoms with Crippen LogP contribution in [0.5, 0.6) is 0 Å². The van der Waals surface area contributed by atoms with E-state index in [-0.39, 0.29) is 5.57 Å². The van der Waals surface area contributed by atoms with E-state index in [1.165, 1.54) is 39.9 Å². The number of hydrogen-bond acceptors (Lipinski definition) is 5. The van der Waals surface area contributed by atoms with Crippen LogP contribution in [-0.2, 0) is 19.1 Å². The molecule has 5 heteroatoms. The second-order valence-electron chi connectivity index (χ2n) is 5.49. The van der Waals surface area contributed by atoms with E-state index in [4.69, 9.17) is 0 Å². The smallest absolute Gasteiger partial charge is 0.334 e. The van der Waals surface area contributed by atoms with E-state index in [1.807, 2.05) is 0 Å². The first-order valence-electron chi connectivity index (χ1n) is 8.02. The lowest BCUT2D eigenvalue weighted by Gasteiger charge is -2.21. The maximum Gasteiger partial charge on any atom is 0.334 e. The van der Waals surface area contributed by atoms with Gasteiger partial charge in [0.05, 0.1) is 20.3 Å². The molecule has 0 aromatic heterocycles. The lowest BCUT2D eigenvalue weighted by molar-refractivity contribution is -0.151. The number of carbonyl (C=O) groups is 2. The van der Waals surface area contributed by atoms with Crippen LogP contribution in [0.4, 0.5) is 0 Å². The number of unbranched alkanes of at least 4 members (excludes halogenated alkanes) is 6. The van der Waals surface area contributed by atoms with Gasteiger partial charge in [0.2, 0.25) is 0 Å². The number of carbonyl (C=O) groups excluding carboxylic acids is 2. The van der Waals surface area contributed by atoms with Crippen molar-refractivity contribution in [2.24, 2.45) is 5.92 Å². The van der Waals surface area contributed by atoms with Crippen LogP contribution in [-0.4, -0.2) is 37.4 Å². The van der Waals surface area contributed by atoms with Crippen LogP contribution in [0.25, 0.3) is 0 Å². The Morgan fingerprint density at radius 3 is 2.05 bits per heavy atom. The van der Waals surface area contributed by atoms with Gasteiger partial charge in [0.15, 0.2) is 0 Å². The van der Waals surface area contributed by atoms with Crippen molar-refractivity contribution in [2.75, 3.05) is 14.2 Å². The molecule has 0 heterocycles. The number of hydrogen-bond donors (Lipinski definition) is 1. The molecule has 5 nitrogen and oxygen atoms in total. The monoisotopic (exact) mass is 314 g/mol. The second-order valence-corrected chi connectivity index (χ2v) is 5.49. The predicted molar refractivity (Wildman–Crippen MR) is 85.3 cm³/mol. The van der Waals surface area contributed by atoms with Crippen molar-refractivity contribution >= 4 is 11.9 Å². The summed E-state index contributed by atoms with van der Waals surface area (Å²) in [6.45, 7) is 5.74. The summed E-state index contributed by atoms with van der Waals surface area (Å²) >= 11 is 0. The average Bonchev–Trinajstić information content (AvgIpc) is 2.52.